The highest BCUT2D eigenvalue weighted by atomic mass is 19.1. The molecular formula is C20H21FN4O. The molecule has 5 nitrogen and oxygen atoms in total. The van der Waals surface area contributed by atoms with Gasteiger partial charge in [0.2, 0.25) is 0 Å². The normalized spacial score (nSPS) is 17.6. The quantitative estimate of drug-likeness (QED) is 0.770. The first kappa shape index (κ1) is 15.6. The number of pyridine rings is 1. The Morgan fingerprint density at radius 3 is 2.73 bits per heavy atom. The number of anilines is 2. The van der Waals surface area contributed by atoms with Crippen molar-refractivity contribution in [3.05, 3.63) is 53.6 Å². The van der Waals surface area contributed by atoms with Crippen LogP contribution in [0.1, 0.15) is 11.3 Å². The lowest BCUT2D eigenvalue weighted by Gasteiger charge is -2.30. The zero-order chi connectivity index (χ0) is 17.5. The largest absolute Gasteiger partial charge is 0.378 e. The van der Waals surface area contributed by atoms with Crippen LogP contribution >= 0.6 is 0 Å². The molecule has 26 heavy (non-hydrogen) atoms. The van der Waals surface area contributed by atoms with E-state index in [1.807, 2.05) is 12.3 Å². The summed E-state index contributed by atoms with van der Waals surface area (Å²) in [6, 6.07) is 9.20. The maximum absolute atomic E-state index is 13.6. The Balaban J connectivity index is 1.38. The summed E-state index contributed by atoms with van der Waals surface area (Å²) in [5.41, 5.74) is 4.56. The van der Waals surface area contributed by atoms with Gasteiger partial charge in [-0.25, -0.2) is 9.37 Å². The van der Waals surface area contributed by atoms with E-state index in [0.717, 1.165) is 73.9 Å². The molecule has 0 spiro atoms. The minimum atomic E-state index is -0.179. The molecule has 6 heteroatoms. The van der Waals surface area contributed by atoms with Crippen molar-refractivity contribution >= 4 is 22.4 Å². The lowest BCUT2D eigenvalue weighted by molar-refractivity contribution is 0.122. The summed E-state index contributed by atoms with van der Waals surface area (Å²) in [6.07, 6.45) is 2.85. The second-order valence-electron chi connectivity index (χ2n) is 6.92. The van der Waals surface area contributed by atoms with E-state index in [9.17, 15) is 4.39 Å². The number of rotatable bonds is 2. The number of hydrogen-bond donors (Lipinski definition) is 1. The van der Waals surface area contributed by atoms with Crippen molar-refractivity contribution < 1.29 is 9.13 Å². The monoisotopic (exact) mass is 352 g/mol. The molecule has 2 aliphatic rings. The van der Waals surface area contributed by atoms with Gasteiger partial charge in [0.05, 0.1) is 31.6 Å². The van der Waals surface area contributed by atoms with Crippen LogP contribution in [-0.2, 0) is 17.7 Å². The summed E-state index contributed by atoms with van der Waals surface area (Å²) in [4.78, 5) is 12.7. The summed E-state index contributed by atoms with van der Waals surface area (Å²) in [7, 11) is 0. The Kier molecular flexibility index (Phi) is 3.78. The Morgan fingerprint density at radius 2 is 1.92 bits per heavy atom. The number of halogens is 1. The molecule has 1 N–H and O–H groups in total. The van der Waals surface area contributed by atoms with Crippen molar-refractivity contribution in [3.63, 3.8) is 0 Å². The number of hydrogen-bond acceptors (Lipinski definition) is 4. The number of morpholine rings is 1. The van der Waals surface area contributed by atoms with Crippen LogP contribution in [0.4, 0.5) is 15.9 Å². The third-order valence-electron chi connectivity index (χ3n) is 5.37. The SMILES string of the molecule is Fc1ccc2[nH]c3c(c2c1)CCN(c1ccc(N2CCOCC2)cn1)C3. The molecule has 5 rings (SSSR count). The van der Waals surface area contributed by atoms with E-state index >= 15 is 0 Å². The maximum Gasteiger partial charge on any atom is 0.128 e. The molecule has 4 heterocycles. The van der Waals surface area contributed by atoms with Crippen molar-refractivity contribution in [2.24, 2.45) is 0 Å². The molecule has 0 bridgehead atoms. The summed E-state index contributed by atoms with van der Waals surface area (Å²) < 4.78 is 19.0. The molecule has 0 aliphatic carbocycles. The lowest BCUT2D eigenvalue weighted by atomic mass is 10.0. The standard InChI is InChI=1S/C20H21FN4O/c21-14-1-3-18-17(11-14)16-5-6-25(13-19(16)23-18)20-4-2-15(12-22-20)24-7-9-26-10-8-24/h1-4,11-12,23H,5-10,13H2. The zero-order valence-electron chi connectivity index (χ0n) is 14.5. The van der Waals surface area contributed by atoms with E-state index in [1.165, 1.54) is 11.6 Å². The molecule has 0 amide bonds. The lowest BCUT2D eigenvalue weighted by Crippen LogP contribution is -2.36. The third-order valence-corrected chi connectivity index (χ3v) is 5.37. The highest BCUT2D eigenvalue weighted by molar-refractivity contribution is 5.85. The van der Waals surface area contributed by atoms with Gasteiger partial charge in [0, 0.05) is 36.2 Å². The molecule has 1 fully saturated rings. The van der Waals surface area contributed by atoms with Gasteiger partial charge in [-0.3, -0.25) is 0 Å². The average Bonchev–Trinajstić information content (AvgIpc) is 3.06. The van der Waals surface area contributed by atoms with E-state index in [-0.39, 0.29) is 5.82 Å². The molecule has 134 valence electrons. The highest BCUT2D eigenvalue weighted by Crippen LogP contribution is 2.30. The molecule has 0 saturated carbocycles. The van der Waals surface area contributed by atoms with Gasteiger partial charge in [-0.15, -0.1) is 0 Å². The Labute approximate surface area is 151 Å². The van der Waals surface area contributed by atoms with E-state index < -0.39 is 0 Å². The van der Waals surface area contributed by atoms with Gasteiger partial charge in [-0.05, 0) is 42.3 Å². The number of nitrogens with one attached hydrogen (secondary N) is 1. The summed E-state index contributed by atoms with van der Waals surface area (Å²) in [6.45, 7) is 5.05. The summed E-state index contributed by atoms with van der Waals surface area (Å²) in [5, 5.41) is 1.01. The van der Waals surface area contributed by atoms with Gasteiger partial charge in [0.25, 0.3) is 0 Å². The number of H-pyrrole nitrogens is 1. The van der Waals surface area contributed by atoms with E-state index in [4.69, 9.17) is 4.74 Å². The van der Waals surface area contributed by atoms with E-state index in [0.29, 0.717) is 0 Å². The molecule has 0 radical (unpaired) electrons. The van der Waals surface area contributed by atoms with E-state index in [2.05, 4.69) is 31.9 Å². The summed E-state index contributed by atoms with van der Waals surface area (Å²) >= 11 is 0. The predicted octanol–water partition coefficient (Wildman–Crippen LogP) is 3.10. The second-order valence-corrected chi connectivity index (χ2v) is 6.92. The van der Waals surface area contributed by atoms with Crippen LogP contribution in [0.3, 0.4) is 0 Å². The van der Waals surface area contributed by atoms with Crippen LogP contribution in [0.25, 0.3) is 10.9 Å². The van der Waals surface area contributed by atoms with Gasteiger partial charge in [-0.2, -0.15) is 0 Å². The molecule has 3 aromatic rings. The highest BCUT2D eigenvalue weighted by Gasteiger charge is 2.22. The number of fused-ring (bicyclic) bond motifs is 3. The molecule has 0 unspecified atom stereocenters. The van der Waals surface area contributed by atoms with Crippen molar-refractivity contribution in [2.45, 2.75) is 13.0 Å². The van der Waals surface area contributed by atoms with Gasteiger partial charge in [0.1, 0.15) is 11.6 Å². The molecule has 1 aromatic carbocycles. The first-order chi connectivity index (χ1) is 12.8. The Hall–Kier alpha value is -2.60. The van der Waals surface area contributed by atoms with Crippen LogP contribution in [0.5, 0.6) is 0 Å². The molecule has 1 saturated heterocycles. The van der Waals surface area contributed by atoms with Crippen LogP contribution in [0, 0.1) is 5.82 Å². The maximum atomic E-state index is 13.6. The number of aromatic amines is 1. The van der Waals surface area contributed by atoms with Crippen molar-refractivity contribution in [3.8, 4) is 0 Å². The minimum absolute atomic E-state index is 0.179. The first-order valence-electron chi connectivity index (χ1n) is 9.10. The number of aromatic nitrogens is 2. The second kappa shape index (κ2) is 6.29. The van der Waals surface area contributed by atoms with Gasteiger partial charge in [-0.1, -0.05) is 0 Å². The molecule has 2 aromatic heterocycles. The Bertz CT molecular complexity index is 931. The fourth-order valence-electron chi connectivity index (χ4n) is 3.98. The van der Waals surface area contributed by atoms with Gasteiger partial charge in [0.15, 0.2) is 0 Å². The minimum Gasteiger partial charge on any atom is -0.378 e. The van der Waals surface area contributed by atoms with Crippen molar-refractivity contribution in [1.29, 1.82) is 0 Å². The molecular weight excluding hydrogens is 331 g/mol. The van der Waals surface area contributed by atoms with Gasteiger partial charge >= 0.3 is 0 Å². The van der Waals surface area contributed by atoms with Crippen LogP contribution in [0.15, 0.2) is 36.5 Å². The van der Waals surface area contributed by atoms with Crippen molar-refractivity contribution in [1.82, 2.24) is 9.97 Å². The fourth-order valence-corrected chi connectivity index (χ4v) is 3.98. The van der Waals surface area contributed by atoms with Crippen LogP contribution in [-0.4, -0.2) is 42.8 Å². The van der Waals surface area contributed by atoms with Crippen LogP contribution < -0.4 is 9.80 Å². The predicted molar refractivity (Wildman–Crippen MR) is 100 cm³/mol. The number of benzene rings is 1. The fraction of sp³-hybridized carbons (Fsp3) is 0.350. The van der Waals surface area contributed by atoms with Crippen molar-refractivity contribution in [2.75, 3.05) is 42.6 Å². The summed E-state index contributed by atoms with van der Waals surface area (Å²) in [5.74, 6) is 0.805. The average molecular weight is 352 g/mol. The third kappa shape index (κ3) is 2.70. The number of nitrogens with zero attached hydrogens (tertiary/aromatic N) is 3. The molecule has 0 atom stereocenters. The zero-order valence-corrected chi connectivity index (χ0v) is 14.5. The van der Waals surface area contributed by atoms with Gasteiger partial charge < -0.3 is 19.5 Å². The molecule has 2 aliphatic heterocycles. The van der Waals surface area contributed by atoms with E-state index in [1.54, 1.807) is 6.07 Å². The number of ether oxygens (including phenoxy) is 1. The smallest absolute Gasteiger partial charge is 0.128 e. The Morgan fingerprint density at radius 1 is 1.04 bits per heavy atom. The first-order valence-corrected chi connectivity index (χ1v) is 9.10. The van der Waals surface area contributed by atoms with Crippen LogP contribution in [0.2, 0.25) is 0 Å². The topological polar surface area (TPSA) is 44.4 Å².